The average molecular weight is 275 g/mol. The van der Waals surface area contributed by atoms with Crippen LogP contribution in [0.1, 0.15) is 11.8 Å². The second-order valence-electron chi connectivity index (χ2n) is 4.35. The van der Waals surface area contributed by atoms with Crippen molar-refractivity contribution in [3.63, 3.8) is 0 Å². The van der Waals surface area contributed by atoms with Gasteiger partial charge in [-0.15, -0.1) is 11.3 Å². The molecule has 0 saturated carbocycles. The summed E-state index contributed by atoms with van der Waals surface area (Å²) in [5.74, 6) is 0.855. The summed E-state index contributed by atoms with van der Waals surface area (Å²) in [5, 5.41) is 4.91. The van der Waals surface area contributed by atoms with Gasteiger partial charge in [-0.3, -0.25) is 4.79 Å². The van der Waals surface area contributed by atoms with Gasteiger partial charge in [0.25, 0.3) is 0 Å². The van der Waals surface area contributed by atoms with Crippen molar-refractivity contribution in [1.29, 1.82) is 0 Å². The summed E-state index contributed by atoms with van der Waals surface area (Å²) in [6.07, 6.45) is 0.438. The molecule has 0 aliphatic rings. The lowest BCUT2D eigenvalue weighted by Gasteiger charge is -2.14. The maximum Gasteiger partial charge on any atom is 0.225 e. The lowest BCUT2D eigenvalue weighted by Crippen LogP contribution is -2.37. The highest BCUT2D eigenvalue weighted by Gasteiger charge is 2.09. The largest absolute Gasteiger partial charge is 0.491 e. The third-order valence-electron chi connectivity index (χ3n) is 2.57. The number of rotatable bonds is 6. The Hall–Kier alpha value is -1.81. The predicted octanol–water partition coefficient (Wildman–Crippen LogP) is 2.87. The number of carbonyl (C=O) groups excluding carboxylic acids is 1. The Balaban J connectivity index is 1.72. The zero-order valence-corrected chi connectivity index (χ0v) is 11.7. The van der Waals surface area contributed by atoms with Crippen molar-refractivity contribution >= 4 is 17.2 Å². The van der Waals surface area contributed by atoms with Crippen LogP contribution >= 0.6 is 11.3 Å². The van der Waals surface area contributed by atoms with E-state index in [0.29, 0.717) is 13.0 Å². The fourth-order valence-corrected chi connectivity index (χ4v) is 2.38. The van der Waals surface area contributed by atoms with Crippen LogP contribution in [-0.2, 0) is 11.2 Å². The van der Waals surface area contributed by atoms with Crippen molar-refractivity contribution in [2.24, 2.45) is 0 Å². The molecule has 0 fully saturated rings. The first-order chi connectivity index (χ1) is 9.24. The molecule has 19 heavy (non-hydrogen) atoms. The van der Waals surface area contributed by atoms with E-state index in [0.717, 1.165) is 10.6 Å². The van der Waals surface area contributed by atoms with E-state index in [1.165, 1.54) is 0 Å². The van der Waals surface area contributed by atoms with Crippen LogP contribution < -0.4 is 10.1 Å². The molecule has 1 amide bonds. The van der Waals surface area contributed by atoms with Gasteiger partial charge in [-0.05, 0) is 30.5 Å². The highest BCUT2D eigenvalue weighted by molar-refractivity contribution is 7.10. The number of ether oxygens (including phenoxy) is 1. The van der Waals surface area contributed by atoms with Crippen molar-refractivity contribution < 1.29 is 9.53 Å². The number of benzene rings is 1. The van der Waals surface area contributed by atoms with Crippen LogP contribution in [0.15, 0.2) is 47.8 Å². The number of para-hydroxylation sites is 1. The summed E-state index contributed by atoms with van der Waals surface area (Å²) in [6.45, 7) is 2.41. The predicted molar refractivity (Wildman–Crippen MR) is 77.6 cm³/mol. The molecular weight excluding hydrogens is 258 g/mol. The quantitative estimate of drug-likeness (QED) is 0.880. The van der Waals surface area contributed by atoms with Gasteiger partial charge >= 0.3 is 0 Å². The number of amides is 1. The van der Waals surface area contributed by atoms with E-state index in [1.807, 2.05) is 54.8 Å². The minimum Gasteiger partial charge on any atom is -0.491 e. The normalized spacial score (nSPS) is 11.8. The molecule has 0 aliphatic heterocycles. The highest BCUT2D eigenvalue weighted by atomic mass is 32.1. The van der Waals surface area contributed by atoms with Crippen molar-refractivity contribution in [3.8, 4) is 5.75 Å². The van der Waals surface area contributed by atoms with Crippen LogP contribution in [0.5, 0.6) is 5.75 Å². The molecule has 2 aromatic rings. The molecular formula is C15H17NO2S. The van der Waals surface area contributed by atoms with E-state index < -0.39 is 0 Å². The molecule has 1 unspecified atom stereocenters. The van der Waals surface area contributed by atoms with E-state index in [9.17, 15) is 4.79 Å². The number of nitrogens with one attached hydrogen (secondary N) is 1. The Bertz CT molecular complexity index is 496. The molecule has 0 bridgehead atoms. The molecule has 100 valence electrons. The fourth-order valence-electron chi connectivity index (χ4n) is 1.68. The van der Waals surface area contributed by atoms with E-state index in [1.54, 1.807) is 11.3 Å². The lowest BCUT2D eigenvalue weighted by molar-refractivity contribution is -0.121. The zero-order chi connectivity index (χ0) is 13.5. The van der Waals surface area contributed by atoms with Gasteiger partial charge in [-0.2, -0.15) is 0 Å². The maximum atomic E-state index is 11.8. The van der Waals surface area contributed by atoms with Gasteiger partial charge < -0.3 is 10.1 Å². The molecule has 3 nitrogen and oxygen atoms in total. The smallest absolute Gasteiger partial charge is 0.225 e. The summed E-state index contributed by atoms with van der Waals surface area (Å²) in [7, 11) is 0. The standard InChI is InChI=1S/C15H17NO2S/c1-12(11-18-13-6-3-2-4-7-13)16-15(17)10-14-8-5-9-19-14/h2-9,12H,10-11H2,1H3,(H,16,17). The van der Waals surface area contributed by atoms with Crippen molar-refractivity contribution in [2.45, 2.75) is 19.4 Å². The maximum absolute atomic E-state index is 11.8. The summed E-state index contributed by atoms with van der Waals surface area (Å²) in [5.41, 5.74) is 0. The van der Waals surface area contributed by atoms with Gasteiger partial charge in [0.2, 0.25) is 5.91 Å². The molecule has 1 atom stereocenters. The van der Waals surface area contributed by atoms with Crippen LogP contribution in [-0.4, -0.2) is 18.6 Å². The fraction of sp³-hybridized carbons (Fsp3) is 0.267. The van der Waals surface area contributed by atoms with Gasteiger partial charge in [0.15, 0.2) is 0 Å². The van der Waals surface area contributed by atoms with Crippen LogP contribution in [0.3, 0.4) is 0 Å². The van der Waals surface area contributed by atoms with Gasteiger partial charge in [0.1, 0.15) is 12.4 Å². The third-order valence-corrected chi connectivity index (χ3v) is 3.44. The van der Waals surface area contributed by atoms with Crippen molar-refractivity contribution in [1.82, 2.24) is 5.32 Å². The number of carbonyl (C=O) groups is 1. The minimum atomic E-state index is -0.00679. The minimum absolute atomic E-state index is 0.00679. The molecule has 0 saturated heterocycles. The molecule has 1 heterocycles. The second kappa shape index (κ2) is 6.95. The Morgan fingerprint density at radius 2 is 2.05 bits per heavy atom. The summed E-state index contributed by atoms with van der Waals surface area (Å²) in [4.78, 5) is 12.8. The number of hydrogen-bond acceptors (Lipinski definition) is 3. The Morgan fingerprint density at radius 1 is 1.26 bits per heavy atom. The van der Waals surface area contributed by atoms with Gasteiger partial charge in [0, 0.05) is 4.88 Å². The molecule has 0 radical (unpaired) electrons. The SMILES string of the molecule is CC(COc1ccccc1)NC(=O)Cc1cccs1. The van der Waals surface area contributed by atoms with Gasteiger partial charge in [0.05, 0.1) is 12.5 Å². The first-order valence-electron chi connectivity index (χ1n) is 6.23. The van der Waals surface area contributed by atoms with Gasteiger partial charge in [-0.1, -0.05) is 24.3 Å². The Morgan fingerprint density at radius 3 is 2.74 bits per heavy atom. The first kappa shape index (κ1) is 13.6. The van der Waals surface area contributed by atoms with Crippen molar-refractivity contribution in [3.05, 3.63) is 52.7 Å². The average Bonchev–Trinajstić information content (AvgIpc) is 2.90. The Labute approximate surface area is 117 Å². The second-order valence-corrected chi connectivity index (χ2v) is 5.38. The molecule has 1 N–H and O–H groups in total. The highest BCUT2D eigenvalue weighted by Crippen LogP contribution is 2.10. The van der Waals surface area contributed by atoms with E-state index >= 15 is 0 Å². The first-order valence-corrected chi connectivity index (χ1v) is 7.11. The van der Waals surface area contributed by atoms with Crippen LogP contribution in [0.2, 0.25) is 0 Å². The van der Waals surface area contributed by atoms with Crippen LogP contribution in [0, 0.1) is 0 Å². The van der Waals surface area contributed by atoms with E-state index in [4.69, 9.17) is 4.74 Å². The lowest BCUT2D eigenvalue weighted by atomic mass is 10.3. The number of thiophene rings is 1. The molecule has 0 aliphatic carbocycles. The monoisotopic (exact) mass is 275 g/mol. The van der Waals surface area contributed by atoms with Crippen LogP contribution in [0.4, 0.5) is 0 Å². The summed E-state index contributed by atoms with van der Waals surface area (Å²) >= 11 is 1.60. The van der Waals surface area contributed by atoms with Crippen LogP contribution in [0.25, 0.3) is 0 Å². The topological polar surface area (TPSA) is 38.3 Å². The molecule has 2 rings (SSSR count). The van der Waals surface area contributed by atoms with Gasteiger partial charge in [-0.25, -0.2) is 0 Å². The molecule has 1 aromatic carbocycles. The zero-order valence-electron chi connectivity index (χ0n) is 10.8. The molecule has 4 heteroatoms. The Kier molecular flexibility index (Phi) is 4.98. The molecule has 0 spiro atoms. The third kappa shape index (κ3) is 4.75. The molecule has 1 aromatic heterocycles. The van der Waals surface area contributed by atoms with E-state index in [2.05, 4.69) is 5.32 Å². The van der Waals surface area contributed by atoms with E-state index in [-0.39, 0.29) is 11.9 Å². The van der Waals surface area contributed by atoms with Crippen molar-refractivity contribution in [2.75, 3.05) is 6.61 Å². The summed E-state index contributed by atoms with van der Waals surface area (Å²) < 4.78 is 5.59. The number of hydrogen-bond donors (Lipinski definition) is 1. The summed E-state index contributed by atoms with van der Waals surface area (Å²) in [6, 6.07) is 13.5.